The van der Waals surface area contributed by atoms with Crippen molar-refractivity contribution in [2.45, 2.75) is 64.2 Å². The van der Waals surface area contributed by atoms with Crippen LogP contribution in [0.1, 0.15) is 56.6 Å². The Morgan fingerprint density at radius 1 is 1.00 bits per heavy atom. The Labute approximate surface area is 129 Å². The lowest BCUT2D eigenvalue weighted by molar-refractivity contribution is 0.568. The molecule has 0 aliphatic rings. The normalized spacial score (nSPS) is 11.8. The summed E-state index contributed by atoms with van der Waals surface area (Å²) in [7, 11) is -3.50. The SMILES string of the molecule is CCCCCCCCNS(=O)(=O)c1cc(C)c(C)cc1N. The maximum absolute atomic E-state index is 12.3. The molecule has 120 valence electrons. The fraction of sp³-hybridized carbons (Fsp3) is 0.625. The highest BCUT2D eigenvalue weighted by Crippen LogP contribution is 2.22. The molecule has 4 nitrogen and oxygen atoms in total. The summed E-state index contributed by atoms with van der Waals surface area (Å²) in [5.41, 5.74) is 8.09. The molecule has 0 spiro atoms. The molecule has 0 amide bonds. The van der Waals surface area contributed by atoms with Crippen molar-refractivity contribution >= 4 is 15.7 Å². The Kier molecular flexibility index (Phi) is 7.18. The number of hydrogen-bond donors (Lipinski definition) is 2. The van der Waals surface area contributed by atoms with Crippen LogP contribution < -0.4 is 10.5 Å². The third-order valence-corrected chi connectivity index (χ3v) is 5.25. The van der Waals surface area contributed by atoms with Gasteiger partial charge < -0.3 is 5.73 Å². The molecule has 5 heteroatoms. The zero-order valence-electron chi connectivity index (χ0n) is 13.4. The molecule has 3 N–H and O–H groups in total. The van der Waals surface area contributed by atoms with Crippen LogP contribution in [-0.2, 0) is 10.0 Å². The number of nitrogen functional groups attached to an aromatic ring is 1. The average molecular weight is 312 g/mol. The molecule has 0 aliphatic carbocycles. The first kappa shape index (κ1) is 18.0. The molecule has 0 aliphatic heterocycles. The second-order valence-electron chi connectivity index (χ2n) is 5.64. The van der Waals surface area contributed by atoms with E-state index in [0.29, 0.717) is 12.2 Å². The largest absolute Gasteiger partial charge is 0.398 e. The standard InChI is InChI=1S/C16H28N2O2S/c1-4-5-6-7-8-9-10-18-21(19,20)16-12-14(3)13(2)11-15(16)17/h11-12,18H,4-10,17H2,1-3H3. The van der Waals surface area contributed by atoms with Crippen LogP contribution in [-0.4, -0.2) is 15.0 Å². The van der Waals surface area contributed by atoms with Crippen LogP contribution in [0.3, 0.4) is 0 Å². The van der Waals surface area contributed by atoms with Crippen molar-refractivity contribution in [2.24, 2.45) is 0 Å². The van der Waals surface area contributed by atoms with Crippen LogP contribution in [0.25, 0.3) is 0 Å². The van der Waals surface area contributed by atoms with Crippen molar-refractivity contribution in [3.05, 3.63) is 23.3 Å². The summed E-state index contributed by atoms with van der Waals surface area (Å²) in [6, 6.07) is 3.36. The molecular weight excluding hydrogens is 284 g/mol. The molecule has 0 bridgehead atoms. The van der Waals surface area contributed by atoms with E-state index in [1.54, 1.807) is 12.1 Å². The first-order chi connectivity index (χ1) is 9.88. The van der Waals surface area contributed by atoms with Crippen molar-refractivity contribution in [1.82, 2.24) is 4.72 Å². The van der Waals surface area contributed by atoms with Gasteiger partial charge in [-0.25, -0.2) is 13.1 Å². The minimum Gasteiger partial charge on any atom is -0.398 e. The lowest BCUT2D eigenvalue weighted by Gasteiger charge is -2.11. The van der Waals surface area contributed by atoms with Crippen LogP contribution in [0.5, 0.6) is 0 Å². The van der Waals surface area contributed by atoms with Crippen LogP contribution in [0.15, 0.2) is 17.0 Å². The Balaban J connectivity index is 2.53. The molecular formula is C16H28N2O2S. The maximum Gasteiger partial charge on any atom is 0.242 e. The van der Waals surface area contributed by atoms with E-state index in [2.05, 4.69) is 11.6 Å². The first-order valence-corrected chi connectivity index (χ1v) is 9.23. The van der Waals surface area contributed by atoms with Gasteiger partial charge in [0, 0.05) is 6.54 Å². The van der Waals surface area contributed by atoms with E-state index in [-0.39, 0.29) is 4.90 Å². The van der Waals surface area contributed by atoms with Gasteiger partial charge in [0.05, 0.1) is 5.69 Å². The summed E-state index contributed by atoms with van der Waals surface area (Å²) in [5, 5.41) is 0. The predicted octanol–water partition coefficient (Wildman–Crippen LogP) is 3.52. The summed E-state index contributed by atoms with van der Waals surface area (Å²) in [6.45, 7) is 6.47. The highest BCUT2D eigenvalue weighted by atomic mass is 32.2. The number of hydrogen-bond acceptors (Lipinski definition) is 3. The summed E-state index contributed by atoms with van der Waals surface area (Å²) >= 11 is 0. The fourth-order valence-electron chi connectivity index (χ4n) is 2.23. The fourth-order valence-corrected chi connectivity index (χ4v) is 3.50. The molecule has 0 saturated heterocycles. The monoisotopic (exact) mass is 312 g/mol. The van der Waals surface area contributed by atoms with E-state index >= 15 is 0 Å². The van der Waals surface area contributed by atoms with E-state index in [1.165, 1.54) is 25.7 Å². The van der Waals surface area contributed by atoms with Gasteiger partial charge in [0.1, 0.15) is 4.90 Å². The van der Waals surface area contributed by atoms with Crippen LogP contribution in [0.2, 0.25) is 0 Å². The number of rotatable bonds is 9. The van der Waals surface area contributed by atoms with Crippen LogP contribution in [0.4, 0.5) is 5.69 Å². The molecule has 1 rings (SSSR count). The quantitative estimate of drug-likeness (QED) is 0.541. The topological polar surface area (TPSA) is 72.2 Å². The minimum absolute atomic E-state index is 0.191. The number of benzene rings is 1. The Bertz CT molecular complexity index is 554. The zero-order valence-corrected chi connectivity index (χ0v) is 14.2. The van der Waals surface area contributed by atoms with E-state index in [9.17, 15) is 8.42 Å². The number of sulfonamides is 1. The van der Waals surface area contributed by atoms with Gasteiger partial charge in [-0.1, -0.05) is 39.0 Å². The van der Waals surface area contributed by atoms with Crippen molar-refractivity contribution < 1.29 is 8.42 Å². The summed E-state index contributed by atoms with van der Waals surface area (Å²) in [6.07, 6.45) is 6.80. The van der Waals surface area contributed by atoms with E-state index < -0.39 is 10.0 Å². The number of anilines is 1. The predicted molar refractivity (Wildman–Crippen MR) is 88.9 cm³/mol. The molecule has 1 aromatic carbocycles. The summed E-state index contributed by atoms with van der Waals surface area (Å²) in [5.74, 6) is 0. The van der Waals surface area contributed by atoms with Gasteiger partial charge in [-0.3, -0.25) is 0 Å². The van der Waals surface area contributed by atoms with Gasteiger partial charge in [-0.2, -0.15) is 0 Å². The molecule has 0 fully saturated rings. The third-order valence-electron chi connectivity index (χ3n) is 3.74. The van der Waals surface area contributed by atoms with Crippen molar-refractivity contribution in [1.29, 1.82) is 0 Å². The zero-order chi connectivity index (χ0) is 15.9. The molecule has 0 heterocycles. The lowest BCUT2D eigenvalue weighted by atomic mass is 10.1. The molecule has 0 radical (unpaired) electrons. The highest BCUT2D eigenvalue weighted by molar-refractivity contribution is 7.89. The highest BCUT2D eigenvalue weighted by Gasteiger charge is 2.17. The van der Waals surface area contributed by atoms with Gasteiger partial charge in [0.25, 0.3) is 0 Å². The van der Waals surface area contributed by atoms with E-state index in [1.807, 2.05) is 13.8 Å². The van der Waals surface area contributed by atoms with Gasteiger partial charge in [0.15, 0.2) is 0 Å². The molecule has 0 atom stereocenters. The lowest BCUT2D eigenvalue weighted by Crippen LogP contribution is -2.25. The number of unbranched alkanes of at least 4 members (excludes halogenated alkanes) is 5. The first-order valence-electron chi connectivity index (χ1n) is 7.75. The third kappa shape index (κ3) is 5.67. The van der Waals surface area contributed by atoms with Gasteiger partial charge >= 0.3 is 0 Å². The number of aryl methyl sites for hydroxylation is 2. The molecule has 1 aromatic rings. The smallest absolute Gasteiger partial charge is 0.242 e. The van der Waals surface area contributed by atoms with Crippen LogP contribution >= 0.6 is 0 Å². The van der Waals surface area contributed by atoms with Crippen molar-refractivity contribution in [3.8, 4) is 0 Å². The average Bonchev–Trinajstić information content (AvgIpc) is 2.41. The molecule has 0 saturated carbocycles. The van der Waals surface area contributed by atoms with Gasteiger partial charge in [0.2, 0.25) is 10.0 Å². The second-order valence-corrected chi connectivity index (χ2v) is 7.38. The summed E-state index contributed by atoms with van der Waals surface area (Å²) < 4.78 is 27.2. The van der Waals surface area contributed by atoms with Crippen molar-refractivity contribution in [3.63, 3.8) is 0 Å². The second kappa shape index (κ2) is 8.39. The summed E-state index contributed by atoms with van der Waals surface area (Å²) in [4.78, 5) is 0.191. The van der Waals surface area contributed by atoms with Gasteiger partial charge in [-0.05, 0) is 43.5 Å². The Morgan fingerprint density at radius 2 is 1.57 bits per heavy atom. The molecule has 0 unspecified atom stereocenters. The molecule has 0 aromatic heterocycles. The van der Waals surface area contributed by atoms with E-state index in [0.717, 1.165) is 24.0 Å². The number of nitrogens with two attached hydrogens (primary N) is 1. The Morgan fingerprint density at radius 3 is 2.24 bits per heavy atom. The van der Waals surface area contributed by atoms with E-state index in [4.69, 9.17) is 5.73 Å². The van der Waals surface area contributed by atoms with Crippen LogP contribution in [0, 0.1) is 13.8 Å². The molecule has 21 heavy (non-hydrogen) atoms. The van der Waals surface area contributed by atoms with Crippen molar-refractivity contribution in [2.75, 3.05) is 12.3 Å². The Hall–Kier alpha value is -1.07. The van der Waals surface area contributed by atoms with Gasteiger partial charge in [-0.15, -0.1) is 0 Å². The minimum atomic E-state index is -3.50. The maximum atomic E-state index is 12.3. The number of nitrogens with one attached hydrogen (secondary N) is 1.